The molecule has 0 atom stereocenters. The monoisotopic (exact) mass is 248 g/mol. The van der Waals surface area contributed by atoms with Crippen LogP contribution in [-0.2, 0) is 13.1 Å². The second-order valence-electron chi connectivity index (χ2n) is 5.22. The van der Waals surface area contributed by atoms with E-state index >= 15 is 0 Å². The molecule has 1 N–H and O–H groups in total. The summed E-state index contributed by atoms with van der Waals surface area (Å²) in [5.41, 5.74) is 2.81. The van der Waals surface area contributed by atoms with E-state index in [0.29, 0.717) is 6.04 Å². The Balaban J connectivity index is 2.57. The molecule has 0 bridgehead atoms. The highest BCUT2D eigenvalue weighted by molar-refractivity contribution is 5.23. The van der Waals surface area contributed by atoms with Crippen LogP contribution in [0.25, 0.3) is 0 Å². The van der Waals surface area contributed by atoms with E-state index in [1.807, 2.05) is 0 Å². The summed E-state index contributed by atoms with van der Waals surface area (Å²) in [6, 6.07) is 9.48. The van der Waals surface area contributed by atoms with Gasteiger partial charge in [-0.2, -0.15) is 0 Å². The van der Waals surface area contributed by atoms with Gasteiger partial charge in [-0.15, -0.1) is 0 Å². The second-order valence-corrected chi connectivity index (χ2v) is 5.22. The van der Waals surface area contributed by atoms with Gasteiger partial charge in [0.25, 0.3) is 0 Å². The minimum Gasteiger partial charge on any atom is -0.310 e. The molecule has 1 rings (SSSR count). The van der Waals surface area contributed by atoms with Crippen LogP contribution in [0.5, 0.6) is 0 Å². The molecule has 1 aromatic carbocycles. The van der Waals surface area contributed by atoms with Gasteiger partial charge in [0.2, 0.25) is 0 Å². The summed E-state index contributed by atoms with van der Waals surface area (Å²) >= 11 is 0. The van der Waals surface area contributed by atoms with Crippen molar-refractivity contribution >= 4 is 0 Å². The standard InChI is InChI=1S/C16H28N2/c1-5-10-18(6-2)13-16-9-7-8-15(11-16)12-17-14(3)4/h7-9,11,14,17H,5-6,10,12-13H2,1-4H3. The van der Waals surface area contributed by atoms with Crippen LogP contribution in [0, 0.1) is 0 Å². The summed E-state index contributed by atoms with van der Waals surface area (Å²) in [5, 5.41) is 3.47. The maximum atomic E-state index is 3.47. The molecule has 2 nitrogen and oxygen atoms in total. The van der Waals surface area contributed by atoms with Gasteiger partial charge >= 0.3 is 0 Å². The summed E-state index contributed by atoms with van der Waals surface area (Å²) in [4.78, 5) is 2.50. The normalized spacial score (nSPS) is 11.4. The minimum atomic E-state index is 0.542. The van der Waals surface area contributed by atoms with Crippen LogP contribution in [0.15, 0.2) is 24.3 Å². The molecular formula is C16H28N2. The lowest BCUT2D eigenvalue weighted by Gasteiger charge is -2.20. The van der Waals surface area contributed by atoms with Crippen molar-refractivity contribution in [3.05, 3.63) is 35.4 Å². The fraction of sp³-hybridized carbons (Fsp3) is 0.625. The van der Waals surface area contributed by atoms with E-state index in [-0.39, 0.29) is 0 Å². The largest absolute Gasteiger partial charge is 0.310 e. The SMILES string of the molecule is CCCN(CC)Cc1cccc(CNC(C)C)c1. The Morgan fingerprint density at radius 2 is 1.89 bits per heavy atom. The van der Waals surface area contributed by atoms with E-state index in [2.05, 4.69) is 62.2 Å². The highest BCUT2D eigenvalue weighted by Crippen LogP contribution is 2.09. The molecule has 0 aliphatic carbocycles. The highest BCUT2D eigenvalue weighted by atomic mass is 15.1. The average Bonchev–Trinajstić information content (AvgIpc) is 2.36. The van der Waals surface area contributed by atoms with Gasteiger partial charge in [-0.1, -0.05) is 52.0 Å². The predicted octanol–water partition coefficient (Wildman–Crippen LogP) is 3.42. The molecule has 0 heterocycles. The predicted molar refractivity (Wildman–Crippen MR) is 79.7 cm³/mol. The van der Waals surface area contributed by atoms with Gasteiger partial charge in [0, 0.05) is 19.1 Å². The van der Waals surface area contributed by atoms with Gasteiger partial charge < -0.3 is 5.32 Å². The number of benzene rings is 1. The first kappa shape index (κ1) is 15.2. The first-order chi connectivity index (χ1) is 8.65. The maximum absolute atomic E-state index is 3.47. The zero-order chi connectivity index (χ0) is 13.4. The molecule has 0 amide bonds. The molecule has 0 saturated carbocycles. The first-order valence-corrected chi connectivity index (χ1v) is 7.19. The van der Waals surface area contributed by atoms with Crippen molar-refractivity contribution in [3.8, 4) is 0 Å². The molecule has 0 saturated heterocycles. The summed E-state index contributed by atoms with van der Waals surface area (Å²) < 4.78 is 0. The molecule has 0 aliphatic heterocycles. The molecule has 0 unspecified atom stereocenters. The lowest BCUT2D eigenvalue weighted by atomic mass is 10.1. The van der Waals surface area contributed by atoms with Gasteiger partial charge in [0.15, 0.2) is 0 Å². The molecular weight excluding hydrogens is 220 g/mol. The Morgan fingerprint density at radius 1 is 1.17 bits per heavy atom. The van der Waals surface area contributed by atoms with Gasteiger partial charge in [0.05, 0.1) is 0 Å². The molecule has 1 aromatic rings. The fourth-order valence-corrected chi connectivity index (χ4v) is 2.08. The summed E-state index contributed by atoms with van der Waals surface area (Å²) in [7, 11) is 0. The fourth-order valence-electron chi connectivity index (χ4n) is 2.08. The summed E-state index contributed by atoms with van der Waals surface area (Å²) in [6.07, 6.45) is 1.22. The van der Waals surface area contributed by atoms with Crippen molar-refractivity contribution in [2.45, 2.75) is 53.2 Å². The maximum Gasteiger partial charge on any atom is 0.0233 e. The van der Waals surface area contributed by atoms with Crippen LogP contribution >= 0.6 is 0 Å². The van der Waals surface area contributed by atoms with Gasteiger partial charge in [-0.25, -0.2) is 0 Å². The van der Waals surface area contributed by atoms with Crippen LogP contribution in [0.4, 0.5) is 0 Å². The average molecular weight is 248 g/mol. The topological polar surface area (TPSA) is 15.3 Å². The van der Waals surface area contributed by atoms with E-state index in [1.54, 1.807) is 0 Å². The third kappa shape index (κ3) is 5.65. The summed E-state index contributed by atoms with van der Waals surface area (Å²) in [6.45, 7) is 13.2. The van der Waals surface area contributed by atoms with E-state index < -0.39 is 0 Å². The first-order valence-electron chi connectivity index (χ1n) is 7.19. The van der Waals surface area contributed by atoms with Crippen molar-refractivity contribution in [1.29, 1.82) is 0 Å². The van der Waals surface area contributed by atoms with E-state index in [9.17, 15) is 0 Å². The number of hydrogen-bond donors (Lipinski definition) is 1. The van der Waals surface area contributed by atoms with E-state index in [1.165, 1.54) is 24.1 Å². The highest BCUT2D eigenvalue weighted by Gasteiger charge is 2.03. The lowest BCUT2D eigenvalue weighted by molar-refractivity contribution is 0.280. The van der Waals surface area contributed by atoms with Gasteiger partial charge in [-0.3, -0.25) is 4.90 Å². The van der Waals surface area contributed by atoms with Crippen LogP contribution in [-0.4, -0.2) is 24.0 Å². The van der Waals surface area contributed by atoms with Crippen molar-refractivity contribution < 1.29 is 0 Å². The Bertz CT molecular complexity index is 334. The van der Waals surface area contributed by atoms with Crippen molar-refractivity contribution in [3.63, 3.8) is 0 Å². The van der Waals surface area contributed by atoms with Crippen molar-refractivity contribution in [2.75, 3.05) is 13.1 Å². The van der Waals surface area contributed by atoms with Crippen LogP contribution in [0.2, 0.25) is 0 Å². The Hall–Kier alpha value is -0.860. The smallest absolute Gasteiger partial charge is 0.0233 e. The third-order valence-electron chi connectivity index (χ3n) is 3.10. The molecule has 0 spiro atoms. The zero-order valence-corrected chi connectivity index (χ0v) is 12.4. The lowest BCUT2D eigenvalue weighted by Crippen LogP contribution is -2.24. The zero-order valence-electron chi connectivity index (χ0n) is 12.4. The number of nitrogens with one attached hydrogen (secondary N) is 1. The number of hydrogen-bond acceptors (Lipinski definition) is 2. The van der Waals surface area contributed by atoms with Gasteiger partial charge in [-0.05, 0) is 30.6 Å². The Kier molecular flexibility index (Phi) is 6.99. The molecule has 0 aromatic heterocycles. The van der Waals surface area contributed by atoms with Crippen molar-refractivity contribution in [2.24, 2.45) is 0 Å². The third-order valence-corrected chi connectivity index (χ3v) is 3.10. The number of nitrogens with zero attached hydrogens (tertiary/aromatic N) is 1. The molecule has 0 aliphatic rings. The quantitative estimate of drug-likeness (QED) is 0.758. The van der Waals surface area contributed by atoms with Crippen LogP contribution in [0.1, 0.15) is 45.2 Å². The number of rotatable bonds is 8. The van der Waals surface area contributed by atoms with Gasteiger partial charge in [0.1, 0.15) is 0 Å². The molecule has 0 fully saturated rings. The Morgan fingerprint density at radius 3 is 2.50 bits per heavy atom. The summed E-state index contributed by atoms with van der Waals surface area (Å²) in [5.74, 6) is 0. The molecule has 2 heteroatoms. The second kappa shape index (κ2) is 8.28. The molecule has 18 heavy (non-hydrogen) atoms. The van der Waals surface area contributed by atoms with E-state index in [0.717, 1.165) is 19.6 Å². The minimum absolute atomic E-state index is 0.542. The van der Waals surface area contributed by atoms with E-state index in [4.69, 9.17) is 0 Å². The van der Waals surface area contributed by atoms with Crippen LogP contribution in [0.3, 0.4) is 0 Å². The Labute approximate surface area is 112 Å². The molecule has 102 valence electrons. The molecule has 0 radical (unpaired) electrons. The van der Waals surface area contributed by atoms with Crippen molar-refractivity contribution in [1.82, 2.24) is 10.2 Å². The van der Waals surface area contributed by atoms with Crippen LogP contribution < -0.4 is 5.32 Å².